The predicted molar refractivity (Wildman–Crippen MR) is 48.4 cm³/mol. The average Bonchev–Trinajstić information content (AvgIpc) is 2.03. The van der Waals surface area contributed by atoms with E-state index in [1.54, 1.807) is 6.08 Å². The van der Waals surface area contributed by atoms with Crippen molar-refractivity contribution in [3.05, 3.63) is 37.0 Å². The van der Waals surface area contributed by atoms with E-state index in [0.717, 1.165) is 19.1 Å². The average molecular weight is 150 g/mol. The van der Waals surface area contributed by atoms with Gasteiger partial charge in [0.1, 0.15) is 6.29 Å². The van der Waals surface area contributed by atoms with E-state index in [1.807, 2.05) is 24.3 Å². The molecule has 0 saturated carbocycles. The molecule has 1 heteroatoms. The molecule has 0 atom stereocenters. The first-order valence-electron chi connectivity index (χ1n) is 3.79. The third kappa shape index (κ3) is 8.89. The molecule has 0 aliphatic rings. The molecule has 0 amide bonds. The quantitative estimate of drug-likeness (QED) is 0.323. The minimum absolute atomic E-state index is 0.662. The number of unbranched alkanes of at least 4 members (excludes halogenated alkanes) is 2. The van der Waals surface area contributed by atoms with Crippen molar-refractivity contribution in [2.24, 2.45) is 0 Å². The summed E-state index contributed by atoms with van der Waals surface area (Å²) < 4.78 is 0. The SMILES string of the molecule is C=C/C=C\C=C/CCCC=O. The van der Waals surface area contributed by atoms with Gasteiger partial charge in [0.2, 0.25) is 0 Å². The maximum absolute atomic E-state index is 9.89. The standard InChI is InChI=1S/C10H14O/c1-2-3-4-5-6-7-8-9-10-11/h2-6,10H,1,7-9H2/b4-3-,6-5-. The molecule has 0 saturated heterocycles. The van der Waals surface area contributed by atoms with Crippen molar-refractivity contribution in [1.29, 1.82) is 0 Å². The van der Waals surface area contributed by atoms with E-state index in [9.17, 15) is 4.79 Å². The van der Waals surface area contributed by atoms with Gasteiger partial charge in [-0.25, -0.2) is 0 Å². The first kappa shape index (κ1) is 9.89. The van der Waals surface area contributed by atoms with Crippen LogP contribution in [0.4, 0.5) is 0 Å². The van der Waals surface area contributed by atoms with Crippen LogP contribution in [0, 0.1) is 0 Å². The molecular weight excluding hydrogens is 136 g/mol. The van der Waals surface area contributed by atoms with Crippen molar-refractivity contribution in [1.82, 2.24) is 0 Å². The molecule has 11 heavy (non-hydrogen) atoms. The summed E-state index contributed by atoms with van der Waals surface area (Å²) in [6, 6.07) is 0. The molecule has 1 nitrogen and oxygen atoms in total. The van der Waals surface area contributed by atoms with Crippen molar-refractivity contribution in [2.75, 3.05) is 0 Å². The van der Waals surface area contributed by atoms with Gasteiger partial charge >= 0.3 is 0 Å². The topological polar surface area (TPSA) is 17.1 Å². The highest BCUT2D eigenvalue weighted by Crippen LogP contribution is 1.93. The van der Waals surface area contributed by atoms with E-state index in [-0.39, 0.29) is 0 Å². The van der Waals surface area contributed by atoms with E-state index in [4.69, 9.17) is 0 Å². The number of hydrogen-bond donors (Lipinski definition) is 0. The first-order chi connectivity index (χ1) is 5.41. The monoisotopic (exact) mass is 150 g/mol. The zero-order valence-electron chi connectivity index (χ0n) is 6.70. The largest absolute Gasteiger partial charge is 0.303 e. The van der Waals surface area contributed by atoms with E-state index in [2.05, 4.69) is 6.58 Å². The molecule has 0 heterocycles. The summed E-state index contributed by atoms with van der Waals surface area (Å²) in [7, 11) is 0. The fourth-order valence-corrected chi connectivity index (χ4v) is 0.637. The van der Waals surface area contributed by atoms with Crippen LogP contribution in [-0.2, 0) is 4.79 Å². The van der Waals surface area contributed by atoms with Gasteiger partial charge in [-0.1, -0.05) is 37.0 Å². The number of aldehydes is 1. The highest BCUT2D eigenvalue weighted by atomic mass is 16.1. The molecule has 0 aliphatic carbocycles. The summed E-state index contributed by atoms with van der Waals surface area (Å²) in [6.45, 7) is 3.54. The van der Waals surface area contributed by atoms with Gasteiger partial charge in [0.25, 0.3) is 0 Å². The third-order valence-corrected chi connectivity index (χ3v) is 1.19. The lowest BCUT2D eigenvalue weighted by Crippen LogP contribution is -1.72. The molecule has 0 radical (unpaired) electrons. The zero-order valence-corrected chi connectivity index (χ0v) is 6.70. The lowest BCUT2D eigenvalue weighted by Gasteiger charge is -1.84. The van der Waals surface area contributed by atoms with Crippen molar-refractivity contribution in [2.45, 2.75) is 19.3 Å². The fourth-order valence-electron chi connectivity index (χ4n) is 0.637. The minimum atomic E-state index is 0.662. The van der Waals surface area contributed by atoms with Crippen LogP contribution in [-0.4, -0.2) is 6.29 Å². The van der Waals surface area contributed by atoms with Crippen LogP contribution in [0.1, 0.15) is 19.3 Å². The molecule has 0 spiro atoms. The van der Waals surface area contributed by atoms with Gasteiger partial charge in [-0.2, -0.15) is 0 Å². The van der Waals surface area contributed by atoms with Gasteiger partial charge in [0.15, 0.2) is 0 Å². The van der Waals surface area contributed by atoms with E-state index >= 15 is 0 Å². The molecular formula is C10H14O. The highest BCUT2D eigenvalue weighted by Gasteiger charge is 1.79. The molecule has 0 aromatic rings. The molecule has 0 aromatic heterocycles. The number of carbonyl (C=O) groups excluding carboxylic acids is 1. The third-order valence-electron chi connectivity index (χ3n) is 1.19. The summed E-state index contributed by atoms with van der Waals surface area (Å²) >= 11 is 0. The summed E-state index contributed by atoms with van der Waals surface area (Å²) in [4.78, 5) is 9.89. The van der Waals surface area contributed by atoms with Crippen LogP contribution >= 0.6 is 0 Å². The molecule has 0 fully saturated rings. The van der Waals surface area contributed by atoms with E-state index in [1.165, 1.54) is 0 Å². The number of hydrogen-bond acceptors (Lipinski definition) is 1. The van der Waals surface area contributed by atoms with Gasteiger partial charge in [-0.3, -0.25) is 0 Å². The normalized spacial score (nSPS) is 10.9. The van der Waals surface area contributed by atoms with E-state index < -0.39 is 0 Å². The highest BCUT2D eigenvalue weighted by molar-refractivity contribution is 5.49. The van der Waals surface area contributed by atoms with Crippen molar-refractivity contribution in [3.8, 4) is 0 Å². The van der Waals surface area contributed by atoms with Crippen molar-refractivity contribution < 1.29 is 4.79 Å². The van der Waals surface area contributed by atoms with Crippen LogP contribution in [0.25, 0.3) is 0 Å². The molecule has 0 unspecified atom stereocenters. The predicted octanol–water partition coefficient (Wildman–Crippen LogP) is 2.65. The lowest BCUT2D eigenvalue weighted by atomic mass is 10.2. The molecule has 0 N–H and O–H groups in total. The van der Waals surface area contributed by atoms with Gasteiger partial charge in [0.05, 0.1) is 0 Å². The Morgan fingerprint density at radius 3 is 2.55 bits per heavy atom. The number of allylic oxidation sites excluding steroid dienone is 5. The van der Waals surface area contributed by atoms with E-state index in [0.29, 0.717) is 6.42 Å². The smallest absolute Gasteiger partial charge is 0.120 e. The van der Waals surface area contributed by atoms with Crippen molar-refractivity contribution >= 4 is 6.29 Å². The van der Waals surface area contributed by atoms with Crippen LogP contribution in [0.5, 0.6) is 0 Å². The minimum Gasteiger partial charge on any atom is -0.303 e. The Kier molecular flexibility index (Phi) is 7.99. The number of rotatable bonds is 6. The van der Waals surface area contributed by atoms with Crippen LogP contribution in [0.2, 0.25) is 0 Å². The summed E-state index contributed by atoms with van der Waals surface area (Å²) in [5, 5.41) is 0. The molecule has 0 rings (SSSR count). The van der Waals surface area contributed by atoms with Crippen LogP contribution in [0.15, 0.2) is 37.0 Å². The van der Waals surface area contributed by atoms with Gasteiger partial charge in [-0.15, -0.1) is 0 Å². The molecule has 60 valence electrons. The summed E-state index contributed by atoms with van der Waals surface area (Å²) in [5.41, 5.74) is 0. The van der Waals surface area contributed by atoms with Gasteiger partial charge in [0, 0.05) is 6.42 Å². The first-order valence-corrected chi connectivity index (χ1v) is 3.79. The maximum Gasteiger partial charge on any atom is 0.120 e. The Morgan fingerprint density at radius 2 is 1.91 bits per heavy atom. The molecule has 0 aromatic carbocycles. The second-order valence-electron chi connectivity index (χ2n) is 2.15. The maximum atomic E-state index is 9.89. The second kappa shape index (κ2) is 8.89. The Balaban J connectivity index is 3.22. The summed E-state index contributed by atoms with van der Waals surface area (Å²) in [5.74, 6) is 0. The lowest BCUT2D eigenvalue weighted by molar-refractivity contribution is -0.107. The zero-order chi connectivity index (χ0) is 8.36. The second-order valence-corrected chi connectivity index (χ2v) is 2.15. The van der Waals surface area contributed by atoms with Gasteiger partial charge < -0.3 is 4.79 Å². The Bertz CT molecular complexity index is 154. The summed E-state index contributed by atoms with van der Waals surface area (Å²) in [6.07, 6.45) is 13.1. The van der Waals surface area contributed by atoms with Crippen molar-refractivity contribution in [3.63, 3.8) is 0 Å². The van der Waals surface area contributed by atoms with Crippen LogP contribution in [0.3, 0.4) is 0 Å². The van der Waals surface area contributed by atoms with Gasteiger partial charge in [-0.05, 0) is 12.8 Å². The molecule has 0 bridgehead atoms. The molecule has 0 aliphatic heterocycles. The Labute approximate surface area is 68.1 Å². The Hall–Kier alpha value is -1.11. The number of carbonyl (C=O) groups is 1. The Morgan fingerprint density at radius 1 is 1.09 bits per heavy atom. The van der Waals surface area contributed by atoms with Crippen LogP contribution < -0.4 is 0 Å². The fraction of sp³-hybridized carbons (Fsp3) is 0.300.